The molecule has 3 aromatic rings. The van der Waals surface area contributed by atoms with Gasteiger partial charge in [0.05, 0.1) is 10.6 Å². The van der Waals surface area contributed by atoms with Crippen molar-refractivity contribution in [1.82, 2.24) is 15.0 Å². The Balaban J connectivity index is 2.38. The summed E-state index contributed by atoms with van der Waals surface area (Å²) in [6, 6.07) is 10.1. The first kappa shape index (κ1) is 13.5. The zero-order chi connectivity index (χ0) is 15.2. The van der Waals surface area contributed by atoms with Crippen molar-refractivity contribution in [2.45, 2.75) is 11.8 Å². The zero-order valence-electron chi connectivity index (χ0n) is 11.0. The molecule has 1 heterocycles. The minimum atomic E-state index is -4.68. The fraction of sp³-hybridized carbons (Fsp3) is 0.0769. The van der Waals surface area contributed by atoms with Crippen LogP contribution < -0.4 is 5.73 Å². The highest BCUT2D eigenvalue weighted by molar-refractivity contribution is 7.86. The molecule has 0 saturated heterocycles. The van der Waals surface area contributed by atoms with E-state index in [0.29, 0.717) is 16.8 Å². The van der Waals surface area contributed by atoms with Crippen LogP contribution in [0, 0.1) is 6.92 Å². The molecule has 1 aromatic heterocycles. The highest BCUT2D eigenvalue weighted by Gasteiger charge is 2.17. The van der Waals surface area contributed by atoms with E-state index >= 15 is 0 Å². The predicted molar refractivity (Wildman–Crippen MR) is 76.0 cm³/mol. The molecule has 0 unspecified atom stereocenters. The molecular formula is C13H11N4O3S-. The van der Waals surface area contributed by atoms with Crippen LogP contribution in [0.1, 0.15) is 5.56 Å². The number of aryl methyl sites for hydroxylation is 1. The van der Waals surface area contributed by atoms with Crippen molar-refractivity contribution in [3.8, 4) is 5.69 Å². The molecule has 108 valence electrons. The summed E-state index contributed by atoms with van der Waals surface area (Å²) in [6.45, 7) is 1.70. The van der Waals surface area contributed by atoms with Gasteiger partial charge in [-0.25, -0.2) is 8.42 Å². The van der Waals surface area contributed by atoms with Crippen LogP contribution in [0.15, 0.2) is 41.3 Å². The van der Waals surface area contributed by atoms with Crippen LogP contribution in [0.2, 0.25) is 0 Å². The maximum atomic E-state index is 11.4. The quantitative estimate of drug-likeness (QED) is 0.562. The fourth-order valence-electron chi connectivity index (χ4n) is 2.05. The number of hydrogen-bond acceptors (Lipinski definition) is 6. The Labute approximate surface area is 120 Å². The van der Waals surface area contributed by atoms with E-state index in [4.69, 9.17) is 5.73 Å². The van der Waals surface area contributed by atoms with E-state index in [0.717, 1.165) is 6.07 Å². The van der Waals surface area contributed by atoms with Crippen molar-refractivity contribution in [3.63, 3.8) is 0 Å². The van der Waals surface area contributed by atoms with E-state index in [1.54, 1.807) is 31.2 Å². The first-order chi connectivity index (χ1) is 9.88. The first-order valence-electron chi connectivity index (χ1n) is 6.05. The maximum absolute atomic E-state index is 11.4. The molecule has 2 N–H and O–H groups in total. The molecule has 0 aliphatic rings. The minimum Gasteiger partial charge on any atom is -0.744 e. The van der Waals surface area contributed by atoms with Gasteiger partial charge in [0, 0.05) is 11.3 Å². The lowest BCUT2D eigenvalue weighted by Gasteiger charge is -2.09. The van der Waals surface area contributed by atoms with E-state index in [-0.39, 0.29) is 11.2 Å². The van der Waals surface area contributed by atoms with Crippen LogP contribution >= 0.6 is 0 Å². The van der Waals surface area contributed by atoms with Crippen LogP contribution in [0.25, 0.3) is 16.7 Å². The molecule has 0 aliphatic carbocycles. The molecular weight excluding hydrogens is 292 g/mol. The molecule has 0 radical (unpaired) electrons. The number of fused-ring (bicyclic) bond motifs is 1. The van der Waals surface area contributed by atoms with Crippen molar-refractivity contribution in [2.75, 3.05) is 5.73 Å². The topological polar surface area (TPSA) is 114 Å². The molecule has 3 rings (SSSR count). The number of anilines is 1. The predicted octanol–water partition coefficient (Wildman–Crippen LogP) is 1.22. The van der Waals surface area contributed by atoms with E-state index in [1.165, 1.54) is 4.80 Å². The molecule has 0 amide bonds. The van der Waals surface area contributed by atoms with Gasteiger partial charge in [-0.3, -0.25) is 0 Å². The fourth-order valence-corrected chi connectivity index (χ4v) is 2.69. The highest BCUT2D eigenvalue weighted by Crippen LogP contribution is 2.28. The Bertz CT molecular complexity index is 933. The molecule has 2 aromatic carbocycles. The van der Waals surface area contributed by atoms with Gasteiger partial charge in [-0.1, -0.05) is 18.2 Å². The van der Waals surface area contributed by atoms with E-state index in [2.05, 4.69) is 10.2 Å². The van der Waals surface area contributed by atoms with Gasteiger partial charge in [-0.15, -0.1) is 10.2 Å². The number of para-hydroxylation sites is 1. The molecule has 0 fully saturated rings. The molecule has 0 atom stereocenters. The minimum absolute atomic E-state index is 0.0283. The number of rotatable bonds is 2. The summed E-state index contributed by atoms with van der Waals surface area (Å²) in [5, 5.41) is 8.36. The van der Waals surface area contributed by atoms with E-state index in [9.17, 15) is 13.0 Å². The molecule has 0 bridgehead atoms. The smallest absolute Gasteiger partial charge is 0.131 e. The third kappa shape index (κ3) is 2.24. The van der Waals surface area contributed by atoms with Gasteiger partial charge < -0.3 is 10.3 Å². The lowest BCUT2D eigenvalue weighted by atomic mass is 10.1. The van der Waals surface area contributed by atoms with Crippen molar-refractivity contribution in [3.05, 3.63) is 42.0 Å². The maximum Gasteiger partial charge on any atom is 0.131 e. The van der Waals surface area contributed by atoms with Crippen molar-refractivity contribution < 1.29 is 13.0 Å². The van der Waals surface area contributed by atoms with Crippen molar-refractivity contribution in [2.24, 2.45) is 0 Å². The number of nitrogens with zero attached hydrogens (tertiary/aromatic N) is 3. The largest absolute Gasteiger partial charge is 0.744 e. The number of benzene rings is 2. The normalized spacial score (nSPS) is 11.9. The standard InChI is InChI=1S/C13H12N4O3S/c1-8-10(14)7-11(21(18,19)20)13-12(8)15-17(16-13)9-5-3-2-4-6-9/h2-7H,14H2,1H3,(H,18,19,20)/p-1. The summed E-state index contributed by atoms with van der Waals surface area (Å²) in [4.78, 5) is 0.828. The van der Waals surface area contributed by atoms with Crippen LogP contribution in [0.4, 0.5) is 5.69 Å². The van der Waals surface area contributed by atoms with Crippen LogP contribution in [0.3, 0.4) is 0 Å². The van der Waals surface area contributed by atoms with Crippen LogP contribution in [-0.2, 0) is 10.1 Å². The number of hydrogen-bond donors (Lipinski definition) is 1. The van der Waals surface area contributed by atoms with Gasteiger partial charge in [-0.2, -0.15) is 4.80 Å². The summed E-state index contributed by atoms with van der Waals surface area (Å²) >= 11 is 0. The summed E-state index contributed by atoms with van der Waals surface area (Å²) in [5.74, 6) is 0. The summed E-state index contributed by atoms with van der Waals surface area (Å²) in [5.41, 5.74) is 7.51. The second-order valence-corrected chi connectivity index (χ2v) is 5.91. The van der Waals surface area contributed by atoms with Gasteiger partial charge in [-0.05, 0) is 25.1 Å². The molecule has 0 spiro atoms. The second-order valence-electron chi connectivity index (χ2n) is 4.57. The Morgan fingerprint density at radius 2 is 1.76 bits per heavy atom. The molecule has 0 aliphatic heterocycles. The Kier molecular flexibility index (Phi) is 2.92. The number of nitrogen functional groups attached to an aromatic ring is 1. The van der Waals surface area contributed by atoms with E-state index < -0.39 is 15.0 Å². The van der Waals surface area contributed by atoms with Crippen molar-refractivity contribution in [1.29, 1.82) is 0 Å². The van der Waals surface area contributed by atoms with Crippen LogP contribution in [0.5, 0.6) is 0 Å². The van der Waals surface area contributed by atoms with Gasteiger partial charge >= 0.3 is 0 Å². The van der Waals surface area contributed by atoms with Crippen molar-refractivity contribution >= 4 is 26.8 Å². The second kappa shape index (κ2) is 4.54. The zero-order valence-corrected chi connectivity index (χ0v) is 11.8. The number of aromatic nitrogens is 3. The lowest BCUT2D eigenvalue weighted by Crippen LogP contribution is -2.03. The molecule has 0 saturated carbocycles. The summed E-state index contributed by atoms with van der Waals surface area (Å²) < 4.78 is 34.1. The first-order valence-corrected chi connectivity index (χ1v) is 7.46. The molecule has 7 nitrogen and oxygen atoms in total. The third-order valence-electron chi connectivity index (χ3n) is 3.18. The lowest BCUT2D eigenvalue weighted by molar-refractivity contribution is 0.464. The van der Waals surface area contributed by atoms with Crippen LogP contribution in [-0.4, -0.2) is 28.0 Å². The SMILES string of the molecule is Cc1c(N)cc(S(=O)(=O)[O-])c2nn(-c3ccccc3)nc12. The molecule has 8 heteroatoms. The molecule has 21 heavy (non-hydrogen) atoms. The Hall–Kier alpha value is -2.45. The van der Waals surface area contributed by atoms with Gasteiger partial charge in [0.2, 0.25) is 0 Å². The van der Waals surface area contributed by atoms with Gasteiger partial charge in [0.1, 0.15) is 21.2 Å². The van der Waals surface area contributed by atoms with Gasteiger partial charge in [0.15, 0.2) is 0 Å². The summed E-state index contributed by atoms with van der Waals surface area (Å²) in [7, 11) is -4.68. The number of nitrogens with two attached hydrogens (primary N) is 1. The Morgan fingerprint density at radius 3 is 2.38 bits per heavy atom. The highest BCUT2D eigenvalue weighted by atomic mass is 32.2. The Morgan fingerprint density at radius 1 is 1.14 bits per heavy atom. The van der Waals surface area contributed by atoms with E-state index in [1.807, 2.05) is 6.07 Å². The average Bonchev–Trinajstić information content (AvgIpc) is 2.88. The third-order valence-corrected chi connectivity index (χ3v) is 4.03. The average molecular weight is 303 g/mol. The van der Waals surface area contributed by atoms with Gasteiger partial charge in [0.25, 0.3) is 0 Å². The summed E-state index contributed by atoms with van der Waals surface area (Å²) in [6.07, 6.45) is 0. The monoisotopic (exact) mass is 303 g/mol.